The third kappa shape index (κ3) is 10.7. The Hall–Kier alpha value is -6.35. The lowest BCUT2D eigenvalue weighted by Crippen LogP contribution is -2.01. The van der Waals surface area contributed by atoms with Crippen LogP contribution in [-0.2, 0) is 4.74 Å². The van der Waals surface area contributed by atoms with Crippen LogP contribution in [0.15, 0.2) is 164 Å². The highest BCUT2D eigenvalue weighted by molar-refractivity contribution is 6.18. The summed E-state index contributed by atoms with van der Waals surface area (Å²) < 4.78 is 8.21. The summed E-state index contributed by atoms with van der Waals surface area (Å²) >= 11 is 5.78. The molecule has 0 amide bonds. The summed E-state index contributed by atoms with van der Waals surface area (Å²) in [6.45, 7) is 11.3. The van der Waals surface area contributed by atoms with Gasteiger partial charge in [0.15, 0.2) is 5.82 Å². The highest BCUT2D eigenvalue weighted by Gasteiger charge is 2.18. The first-order valence-electron chi connectivity index (χ1n) is 19.0. The first-order valence-corrected chi connectivity index (χ1v) is 19.5. The van der Waals surface area contributed by atoms with E-state index in [1.54, 1.807) is 0 Å². The Morgan fingerprint density at radius 1 is 0.893 bits per heavy atom. The van der Waals surface area contributed by atoms with E-state index in [1.807, 2.05) is 104 Å². The quantitative estimate of drug-likeness (QED) is 0.0419. The van der Waals surface area contributed by atoms with Gasteiger partial charge in [-0.05, 0) is 61.4 Å². The van der Waals surface area contributed by atoms with Crippen molar-refractivity contribution in [2.75, 3.05) is 24.3 Å². The third-order valence-electron chi connectivity index (χ3n) is 8.83. The Balaban J connectivity index is 1.64. The summed E-state index contributed by atoms with van der Waals surface area (Å²) in [6.07, 6.45) is 34.1. The van der Waals surface area contributed by atoms with E-state index in [0.29, 0.717) is 24.9 Å². The SMILES string of the molecule is C#Cc1c(/C=C\CO/C(=C/C=C\C)CC)c2ccc(NC/C=C\C=C/CCl)cc2n1-c1cccc(-c2nc(/C(C=C)=C/C=C\CC)cc(-c3ccccc3)n2)c1. The van der Waals surface area contributed by atoms with Gasteiger partial charge in [0.2, 0.25) is 0 Å². The molecular formula is C50H49ClN4O. The van der Waals surface area contributed by atoms with Crippen molar-refractivity contribution in [1.29, 1.82) is 0 Å². The molecule has 0 atom stereocenters. The zero-order valence-electron chi connectivity index (χ0n) is 32.5. The van der Waals surface area contributed by atoms with E-state index in [4.69, 9.17) is 32.7 Å². The molecule has 0 spiro atoms. The molecule has 0 aliphatic carbocycles. The van der Waals surface area contributed by atoms with E-state index < -0.39 is 0 Å². The van der Waals surface area contributed by atoms with Gasteiger partial charge in [-0.15, -0.1) is 18.0 Å². The standard InChI is InChI=1S/C50H49ClN4O/c1-6-11-16-23-38(8-3)46-37-47(39-24-17-15-18-25-39)54-50(53-46)40-26-21-27-42(35-40)55-48(10-5)44(29-22-34-56-43(9-4)28-12-7-2)45-31-30-41(36-49(45)55)52-33-20-14-13-19-32-51/h5,7-8,11-31,35-37,52H,3,6,9,32-34H2,1-2,4H3/b12-7-,16-11-,19-13-,20-14-,29-22-,38-23+,43-28+. The fourth-order valence-electron chi connectivity index (χ4n) is 6.08. The summed E-state index contributed by atoms with van der Waals surface area (Å²) in [7, 11) is 0. The molecular weight excluding hydrogens is 708 g/mol. The lowest BCUT2D eigenvalue weighted by molar-refractivity contribution is 0.239. The molecule has 0 saturated heterocycles. The summed E-state index contributed by atoms with van der Waals surface area (Å²) in [6, 6.07) is 26.8. The lowest BCUT2D eigenvalue weighted by Gasteiger charge is -2.13. The van der Waals surface area contributed by atoms with E-state index in [9.17, 15) is 0 Å². The number of hydrogen-bond acceptors (Lipinski definition) is 4. The minimum absolute atomic E-state index is 0.417. The molecule has 1 N–H and O–H groups in total. The van der Waals surface area contributed by atoms with Crippen molar-refractivity contribution in [1.82, 2.24) is 14.5 Å². The molecule has 282 valence electrons. The Bertz CT molecular complexity index is 2360. The maximum absolute atomic E-state index is 6.37. The maximum atomic E-state index is 6.37. The van der Waals surface area contributed by atoms with Crippen LogP contribution in [0.2, 0.25) is 0 Å². The van der Waals surface area contributed by atoms with Crippen molar-refractivity contribution in [2.24, 2.45) is 0 Å². The zero-order valence-corrected chi connectivity index (χ0v) is 33.2. The van der Waals surface area contributed by atoms with Crippen LogP contribution in [0.25, 0.3) is 50.9 Å². The van der Waals surface area contributed by atoms with Crippen LogP contribution in [0.5, 0.6) is 0 Å². The van der Waals surface area contributed by atoms with Crippen molar-refractivity contribution in [2.45, 2.75) is 33.6 Å². The second-order valence-electron chi connectivity index (χ2n) is 12.6. The number of nitrogens with one attached hydrogen (secondary N) is 1. The van der Waals surface area contributed by atoms with E-state index >= 15 is 0 Å². The molecule has 0 bridgehead atoms. The summed E-state index contributed by atoms with van der Waals surface area (Å²) in [5.41, 5.74) is 8.87. The Morgan fingerprint density at radius 2 is 1.71 bits per heavy atom. The monoisotopic (exact) mass is 756 g/mol. The highest BCUT2D eigenvalue weighted by atomic mass is 35.5. The van der Waals surface area contributed by atoms with Crippen LogP contribution in [-0.4, -0.2) is 33.6 Å². The number of halogens is 1. The molecule has 2 aromatic heterocycles. The molecule has 5 rings (SSSR count). The van der Waals surface area contributed by atoms with Gasteiger partial charge in [0.05, 0.1) is 22.7 Å². The number of rotatable bonds is 18. The smallest absolute Gasteiger partial charge is 0.160 e. The van der Waals surface area contributed by atoms with E-state index in [-0.39, 0.29) is 0 Å². The number of alkyl halides is 1. The summed E-state index contributed by atoms with van der Waals surface area (Å²) in [4.78, 5) is 10.2. The Labute approximate surface area is 337 Å². The Kier molecular flexibility index (Phi) is 15.7. The van der Waals surface area contributed by atoms with Crippen LogP contribution >= 0.6 is 11.6 Å². The number of aromatic nitrogens is 3. The van der Waals surface area contributed by atoms with Gasteiger partial charge in [0.1, 0.15) is 12.3 Å². The Morgan fingerprint density at radius 3 is 2.46 bits per heavy atom. The normalized spacial score (nSPS) is 12.6. The molecule has 6 heteroatoms. The number of hydrogen-bond donors (Lipinski definition) is 1. The predicted octanol–water partition coefficient (Wildman–Crippen LogP) is 12.9. The van der Waals surface area contributed by atoms with Crippen LogP contribution < -0.4 is 5.32 Å². The molecule has 0 fully saturated rings. The van der Waals surface area contributed by atoms with Crippen LogP contribution in [0.1, 0.15) is 50.6 Å². The largest absolute Gasteiger partial charge is 0.494 e. The van der Waals surface area contributed by atoms with Crippen molar-refractivity contribution < 1.29 is 4.74 Å². The summed E-state index contributed by atoms with van der Waals surface area (Å²) in [5.74, 6) is 5.02. The fraction of sp³-hybridized carbons (Fsp3) is 0.160. The number of allylic oxidation sites excluding steroid dienone is 12. The van der Waals surface area contributed by atoms with Gasteiger partial charge in [0.25, 0.3) is 0 Å². The van der Waals surface area contributed by atoms with E-state index in [1.165, 1.54) is 0 Å². The summed E-state index contributed by atoms with van der Waals surface area (Å²) in [5, 5.41) is 4.54. The minimum Gasteiger partial charge on any atom is -0.494 e. The van der Waals surface area contributed by atoms with E-state index in [2.05, 4.69) is 96.9 Å². The number of benzene rings is 3. The molecule has 0 aliphatic heterocycles. The molecule has 5 nitrogen and oxygen atoms in total. The van der Waals surface area contributed by atoms with Crippen LogP contribution in [0.4, 0.5) is 5.69 Å². The molecule has 0 radical (unpaired) electrons. The first-order chi connectivity index (χ1) is 27.5. The maximum Gasteiger partial charge on any atom is 0.160 e. The van der Waals surface area contributed by atoms with Gasteiger partial charge < -0.3 is 14.6 Å². The number of anilines is 1. The minimum atomic E-state index is 0.417. The molecule has 0 unspecified atom stereocenters. The van der Waals surface area contributed by atoms with Gasteiger partial charge in [0, 0.05) is 52.3 Å². The lowest BCUT2D eigenvalue weighted by atomic mass is 10.1. The van der Waals surface area contributed by atoms with Gasteiger partial charge in [-0.3, -0.25) is 0 Å². The number of ether oxygens (including phenoxy) is 1. The van der Waals surface area contributed by atoms with Gasteiger partial charge in [-0.2, -0.15) is 0 Å². The van der Waals surface area contributed by atoms with Gasteiger partial charge >= 0.3 is 0 Å². The highest BCUT2D eigenvalue weighted by Crippen LogP contribution is 2.34. The van der Waals surface area contributed by atoms with Gasteiger partial charge in [-0.25, -0.2) is 9.97 Å². The second kappa shape index (κ2) is 21.5. The predicted molar refractivity (Wildman–Crippen MR) is 241 cm³/mol. The average molecular weight is 757 g/mol. The molecule has 2 heterocycles. The number of fused-ring (bicyclic) bond motifs is 1. The molecule has 3 aromatic carbocycles. The average Bonchev–Trinajstić information content (AvgIpc) is 3.56. The zero-order chi connectivity index (χ0) is 39.5. The van der Waals surface area contributed by atoms with Crippen LogP contribution in [0, 0.1) is 12.3 Å². The topological polar surface area (TPSA) is 52.0 Å². The van der Waals surface area contributed by atoms with Gasteiger partial charge in [-0.1, -0.05) is 142 Å². The van der Waals surface area contributed by atoms with Crippen molar-refractivity contribution in [3.05, 3.63) is 181 Å². The fourth-order valence-corrected chi connectivity index (χ4v) is 6.18. The molecule has 0 aliphatic rings. The number of terminal acetylenes is 1. The number of nitrogens with zero attached hydrogens (tertiary/aromatic N) is 3. The second-order valence-corrected chi connectivity index (χ2v) is 12.9. The molecule has 56 heavy (non-hydrogen) atoms. The van der Waals surface area contributed by atoms with Crippen molar-refractivity contribution >= 4 is 39.8 Å². The third-order valence-corrected chi connectivity index (χ3v) is 9.01. The van der Waals surface area contributed by atoms with Crippen molar-refractivity contribution in [3.8, 4) is 40.7 Å². The van der Waals surface area contributed by atoms with E-state index in [0.717, 1.165) is 80.2 Å². The van der Waals surface area contributed by atoms with Crippen molar-refractivity contribution in [3.63, 3.8) is 0 Å². The van der Waals surface area contributed by atoms with Crippen LogP contribution in [0.3, 0.4) is 0 Å². The molecule has 5 aromatic rings. The first kappa shape index (κ1) is 40.8. The molecule has 0 saturated carbocycles.